The molecule has 0 aromatic heterocycles. The molecule has 0 heterocycles. The van der Waals surface area contributed by atoms with Crippen LogP contribution in [-0.2, 0) is 21.4 Å². The van der Waals surface area contributed by atoms with Crippen LogP contribution in [0.2, 0.25) is 0 Å². The molecule has 0 aliphatic rings. The molecule has 0 saturated carbocycles. The van der Waals surface area contributed by atoms with Gasteiger partial charge in [-0.05, 0) is 57.9 Å². The van der Waals surface area contributed by atoms with E-state index in [-0.39, 0.29) is 17.1 Å². The highest BCUT2D eigenvalue weighted by Crippen LogP contribution is 2.26. The van der Waals surface area contributed by atoms with Gasteiger partial charge in [0, 0.05) is 14.1 Å². The Balaban J connectivity index is 2.05. The van der Waals surface area contributed by atoms with Crippen molar-refractivity contribution in [3.05, 3.63) is 58.1 Å². The Morgan fingerprint density at radius 1 is 1.12 bits per heavy atom. The molecule has 25 heavy (non-hydrogen) atoms. The second kappa shape index (κ2) is 7.99. The highest BCUT2D eigenvalue weighted by Gasteiger charge is 2.18. The molecule has 2 rings (SSSR count). The molecular formula is C17H18BrNO5S. The van der Waals surface area contributed by atoms with Crippen LogP contribution in [-0.4, -0.2) is 39.9 Å². The van der Waals surface area contributed by atoms with E-state index in [9.17, 15) is 13.2 Å². The maximum absolute atomic E-state index is 12.1. The highest BCUT2D eigenvalue weighted by molar-refractivity contribution is 9.10. The van der Waals surface area contributed by atoms with Gasteiger partial charge in [-0.3, -0.25) is 0 Å². The van der Waals surface area contributed by atoms with E-state index < -0.39 is 16.0 Å². The average Bonchev–Trinajstić information content (AvgIpc) is 2.59. The highest BCUT2D eigenvalue weighted by atomic mass is 79.9. The van der Waals surface area contributed by atoms with E-state index in [1.807, 2.05) is 0 Å². The fraction of sp³-hybridized carbons (Fsp3) is 0.235. The molecule has 0 fully saturated rings. The first-order valence-electron chi connectivity index (χ1n) is 7.28. The number of benzene rings is 2. The van der Waals surface area contributed by atoms with Gasteiger partial charge in [0.1, 0.15) is 12.4 Å². The lowest BCUT2D eigenvalue weighted by Crippen LogP contribution is -2.22. The normalized spacial score (nSPS) is 11.4. The number of nitrogens with zero attached hydrogens (tertiary/aromatic N) is 1. The fourth-order valence-corrected chi connectivity index (χ4v) is 3.50. The first kappa shape index (κ1) is 19.4. The molecular weight excluding hydrogens is 410 g/mol. The number of hydrogen-bond donors (Lipinski definition) is 0. The van der Waals surface area contributed by atoms with Crippen molar-refractivity contribution in [1.29, 1.82) is 0 Å². The van der Waals surface area contributed by atoms with Crippen LogP contribution >= 0.6 is 15.9 Å². The summed E-state index contributed by atoms with van der Waals surface area (Å²) in [6, 6.07) is 11.0. The zero-order valence-corrected chi connectivity index (χ0v) is 16.4. The van der Waals surface area contributed by atoms with Crippen molar-refractivity contribution in [3.8, 4) is 5.75 Å². The van der Waals surface area contributed by atoms with Gasteiger partial charge in [0.05, 0.1) is 22.0 Å². The van der Waals surface area contributed by atoms with E-state index >= 15 is 0 Å². The predicted octanol–water partition coefficient (Wildman–Crippen LogP) is 3.07. The van der Waals surface area contributed by atoms with Crippen LogP contribution in [0.1, 0.15) is 15.9 Å². The van der Waals surface area contributed by atoms with E-state index in [2.05, 4.69) is 15.9 Å². The van der Waals surface area contributed by atoms with Crippen molar-refractivity contribution in [3.63, 3.8) is 0 Å². The van der Waals surface area contributed by atoms with Crippen molar-refractivity contribution < 1.29 is 22.7 Å². The molecule has 0 amide bonds. The molecule has 134 valence electrons. The third-order valence-corrected chi connectivity index (χ3v) is 5.90. The van der Waals surface area contributed by atoms with Crippen molar-refractivity contribution in [2.45, 2.75) is 11.5 Å². The largest absolute Gasteiger partial charge is 0.496 e. The number of halogens is 1. The number of hydrogen-bond acceptors (Lipinski definition) is 5. The van der Waals surface area contributed by atoms with Crippen LogP contribution in [0, 0.1) is 0 Å². The summed E-state index contributed by atoms with van der Waals surface area (Å²) in [7, 11) is 0.945. The number of esters is 1. The van der Waals surface area contributed by atoms with Crippen LogP contribution in [0.5, 0.6) is 5.75 Å². The number of sulfonamides is 1. The maximum Gasteiger partial charge on any atom is 0.338 e. The first-order valence-corrected chi connectivity index (χ1v) is 9.51. The van der Waals surface area contributed by atoms with E-state index in [1.165, 1.54) is 38.4 Å². The first-order chi connectivity index (χ1) is 11.8. The Labute approximate surface area is 155 Å². The molecule has 0 aliphatic carbocycles. The Morgan fingerprint density at radius 3 is 2.28 bits per heavy atom. The van der Waals surface area contributed by atoms with Gasteiger partial charge in [-0.25, -0.2) is 17.5 Å². The number of methoxy groups -OCH3 is 1. The van der Waals surface area contributed by atoms with Crippen molar-refractivity contribution in [1.82, 2.24) is 4.31 Å². The van der Waals surface area contributed by atoms with Crippen LogP contribution in [0.3, 0.4) is 0 Å². The standard InChI is InChI=1S/C17H18BrNO5S/c1-19(2)25(21,22)14-7-5-13(6-8-14)17(20)24-11-12-4-9-16(23-3)15(18)10-12/h4-10H,11H2,1-3H3. The summed E-state index contributed by atoms with van der Waals surface area (Å²) in [5, 5.41) is 0. The summed E-state index contributed by atoms with van der Waals surface area (Å²) in [6.45, 7) is 0.0964. The van der Waals surface area contributed by atoms with E-state index in [4.69, 9.17) is 9.47 Å². The Hall–Kier alpha value is -1.90. The summed E-state index contributed by atoms with van der Waals surface area (Å²) in [5.41, 5.74) is 1.08. The molecule has 2 aromatic rings. The number of carbonyl (C=O) groups excluding carboxylic acids is 1. The van der Waals surface area contributed by atoms with Gasteiger partial charge in [0.2, 0.25) is 10.0 Å². The summed E-state index contributed by atoms with van der Waals surface area (Å²) >= 11 is 3.37. The van der Waals surface area contributed by atoms with Gasteiger partial charge in [0.25, 0.3) is 0 Å². The molecule has 0 radical (unpaired) electrons. The van der Waals surface area contributed by atoms with Gasteiger partial charge in [0.15, 0.2) is 0 Å². The average molecular weight is 428 g/mol. The van der Waals surface area contributed by atoms with Gasteiger partial charge in [-0.15, -0.1) is 0 Å². The molecule has 6 nitrogen and oxygen atoms in total. The minimum atomic E-state index is -3.52. The summed E-state index contributed by atoms with van der Waals surface area (Å²) < 4.78 is 36.3. The van der Waals surface area contributed by atoms with Crippen LogP contribution in [0.4, 0.5) is 0 Å². The van der Waals surface area contributed by atoms with Crippen molar-refractivity contribution in [2.24, 2.45) is 0 Å². The number of carbonyl (C=O) groups is 1. The third kappa shape index (κ3) is 4.59. The molecule has 0 saturated heterocycles. The Bertz CT molecular complexity index is 863. The summed E-state index contributed by atoms with van der Waals surface area (Å²) in [6.07, 6.45) is 0. The number of rotatable bonds is 6. The Kier molecular flexibility index (Phi) is 6.21. The van der Waals surface area contributed by atoms with Gasteiger partial charge in [-0.1, -0.05) is 6.07 Å². The molecule has 0 bridgehead atoms. The predicted molar refractivity (Wildman–Crippen MR) is 97.1 cm³/mol. The summed E-state index contributed by atoms with van der Waals surface area (Å²) in [4.78, 5) is 12.2. The quantitative estimate of drug-likeness (QED) is 0.662. The van der Waals surface area contributed by atoms with E-state index in [1.54, 1.807) is 25.3 Å². The fourth-order valence-electron chi connectivity index (χ4n) is 2.01. The van der Waals surface area contributed by atoms with Gasteiger partial charge in [-0.2, -0.15) is 0 Å². The zero-order valence-electron chi connectivity index (χ0n) is 14.0. The minimum Gasteiger partial charge on any atom is -0.496 e. The van der Waals surface area contributed by atoms with Crippen LogP contribution in [0.15, 0.2) is 51.8 Å². The molecule has 0 unspecified atom stereocenters. The Morgan fingerprint density at radius 2 is 1.76 bits per heavy atom. The lowest BCUT2D eigenvalue weighted by atomic mass is 10.2. The van der Waals surface area contributed by atoms with Gasteiger partial charge >= 0.3 is 5.97 Å². The van der Waals surface area contributed by atoms with E-state index in [0.717, 1.165) is 14.3 Å². The monoisotopic (exact) mass is 427 g/mol. The minimum absolute atomic E-state index is 0.0964. The number of ether oxygens (including phenoxy) is 2. The third-order valence-electron chi connectivity index (χ3n) is 3.45. The molecule has 0 N–H and O–H groups in total. The molecule has 0 aliphatic heterocycles. The molecule has 2 aromatic carbocycles. The SMILES string of the molecule is COc1ccc(COC(=O)c2ccc(S(=O)(=O)N(C)C)cc2)cc1Br. The smallest absolute Gasteiger partial charge is 0.338 e. The molecule has 8 heteroatoms. The maximum atomic E-state index is 12.1. The topological polar surface area (TPSA) is 72.9 Å². The van der Waals surface area contributed by atoms with Crippen molar-refractivity contribution in [2.75, 3.05) is 21.2 Å². The van der Waals surface area contributed by atoms with E-state index in [0.29, 0.717) is 5.75 Å². The lowest BCUT2D eigenvalue weighted by molar-refractivity contribution is 0.0472. The second-order valence-electron chi connectivity index (χ2n) is 5.36. The second-order valence-corrected chi connectivity index (χ2v) is 8.36. The van der Waals surface area contributed by atoms with Crippen LogP contribution in [0.25, 0.3) is 0 Å². The summed E-state index contributed by atoms with van der Waals surface area (Å²) in [5.74, 6) is 0.161. The van der Waals surface area contributed by atoms with Crippen LogP contribution < -0.4 is 4.74 Å². The van der Waals surface area contributed by atoms with Gasteiger partial charge < -0.3 is 9.47 Å². The lowest BCUT2D eigenvalue weighted by Gasteiger charge is -2.11. The molecule has 0 spiro atoms. The molecule has 0 atom stereocenters. The zero-order chi connectivity index (χ0) is 18.6. The van der Waals surface area contributed by atoms with Crippen molar-refractivity contribution >= 4 is 31.9 Å².